The summed E-state index contributed by atoms with van der Waals surface area (Å²) in [5, 5.41) is 3.51. The van der Waals surface area contributed by atoms with E-state index in [9.17, 15) is 4.79 Å². The van der Waals surface area contributed by atoms with E-state index in [-0.39, 0.29) is 5.91 Å². The number of halogens is 2. The van der Waals surface area contributed by atoms with Crippen LogP contribution in [-0.2, 0) is 0 Å². The molecule has 1 fully saturated rings. The number of carbonyl (C=O) groups is 1. The Morgan fingerprint density at radius 1 is 1.08 bits per heavy atom. The lowest BCUT2D eigenvalue weighted by atomic mass is 10.2. The number of piperazine rings is 1. The van der Waals surface area contributed by atoms with Crippen LogP contribution in [0, 0.1) is 0 Å². The first kappa shape index (κ1) is 17.0. The number of rotatable bonds is 3. The van der Waals surface area contributed by atoms with E-state index < -0.39 is 0 Å². The van der Waals surface area contributed by atoms with E-state index in [1.165, 1.54) is 12.4 Å². The van der Waals surface area contributed by atoms with Crippen molar-refractivity contribution in [2.75, 3.05) is 43.4 Å². The van der Waals surface area contributed by atoms with Crippen molar-refractivity contribution >= 4 is 40.7 Å². The molecule has 0 atom stereocenters. The zero-order valence-corrected chi connectivity index (χ0v) is 14.7. The lowest BCUT2D eigenvalue weighted by molar-refractivity contribution is 0.102. The molecular formula is C16H17Cl2N5O. The van der Waals surface area contributed by atoms with Gasteiger partial charge in [-0.05, 0) is 25.2 Å². The Morgan fingerprint density at radius 2 is 1.83 bits per heavy atom. The van der Waals surface area contributed by atoms with E-state index in [4.69, 9.17) is 23.2 Å². The molecule has 0 unspecified atom stereocenters. The number of anilines is 2. The largest absolute Gasteiger partial charge is 0.354 e. The van der Waals surface area contributed by atoms with Crippen LogP contribution in [-0.4, -0.2) is 54.0 Å². The van der Waals surface area contributed by atoms with Crippen LogP contribution in [0.1, 0.15) is 10.4 Å². The molecule has 0 spiro atoms. The maximum Gasteiger partial charge on any atom is 0.256 e. The van der Waals surface area contributed by atoms with Crippen molar-refractivity contribution in [2.45, 2.75) is 0 Å². The minimum atomic E-state index is -0.295. The van der Waals surface area contributed by atoms with Gasteiger partial charge in [0.05, 0.1) is 10.0 Å². The van der Waals surface area contributed by atoms with Gasteiger partial charge >= 0.3 is 0 Å². The number of likely N-dealkylation sites (N-methyl/N-ethyl adjacent to an activating group) is 1. The minimum Gasteiger partial charge on any atom is -0.354 e. The van der Waals surface area contributed by atoms with Gasteiger partial charge in [-0.25, -0.2) is 9.97 Å². The summed E-state index contributed by atoms with van der Waals surface area (Å²) in [5.41, 5.74) is 0.421. The van der Waals surface area contributed by atoms with Gasteiger partial charge < -0.3 is 15.1 Å². The van der Waals surface area contributed by atoms with Crippen LogP contribution >= 0.6 is 23.2 Å². The van der Waals surface area contributed by atoms with Crippen molar-refractivity contribution in [1.82, 2.24) is 14.9 Å². The van der Waals surface area contributed by atoms with Crippen LogP contribution in [0.4, 0.5) is 11.6 Å². The lowest BCUT2D eigenvalue weighted by Gasteiger charge is -2.33. The van der Waals surface area contributed by atoms with Crippen molar-refractivity contribution in [3.8, 4) is 0 Å². The first-order valence-corrected chi connectivity index (χ1v) is 8.30. The highest BCUT2D eigenvalue weighted by Gasteiger charge is 2.16. The van der Waals surface area contributed by atoms with Crippen LogP contribution in [0.5, 0.6) is 0 Å². The molecule has 0 saturated carbocycles. The van der Waals surface area contributed by atoms with Gasteiger partial charge in [0.1, 0.15) is 18.0 Å². The van der Waals surface area contributed by atoms with E-state index in [0.717, 1.165) is 32.0 Å². The van der Waals surface area contributed by atoms with Crippen molar-refractivity contribution in [3.63, 3.8) is 0 Å². The average Bonchev–Trinajstić information content (AvgIpc) is 2.58. The molecule has 24 heavy (non-hydrogen) atoms. The minimum absolute atomic E-state index is 0.295. The van der Waals surface area contributed by atoms with E-state index in [2.05, 4.69) is 32.1 Å². The molecule has 1 aromatic heterocycles. The molecule has 0 radical (unpaired) electrons. The molecule has 1 amide bonds. The molecule has 2 heterocycles. The summed E-state index contributed by atoms with van der Waals surface area (Å²) < 4.78 is 0. The van der Waals surface area contributed by atoms with E-state index >= 15 is 0 Å². The molecule has 1 aliphatic rings. The molecule has 0 bridgehead atoms. The summed E-state index contributed by atoms with van der Waals surface area (Å²) in [4.78, 5) is 25.2. The van der Waals surface area contributed by atoms with E-state index in [0.29, 0.717) is 21.4 Å². The van der Waals surface area contributed by atoms with Crippen molar-refractivity contribution < 1.29 is 4.79 Å². The maximum absolute atomic E-state index is 12.3. The average molecular weight is 366 g/mol. The second-order valence-corrected chi connectivity index (χ2v) is 6.45. The van der Waals surface area contributed by atoms with Gasteiger partial charge in [0.25, 0.3) is 5.91 Å². The number of hydrogen-bond donors (Lipinski definition) is 1. The van der Waals surface area contributed by atoms with E-state index in [1.807, 2.05) is 0 Å². The van der Waals surface area contributed by atoms with Gasteiger partial charge in [-0.1, -0.05) is 23.2 Å². The number of benzene rings is 1. The van der Waals surface area contributed by atoms with Crippen LogP contribution in [0.15, 0.2) is 30.6 Å². The summed E-state index contributed by atoms with van der Waals surface area (Å²) in [6, 6.07) is 6.52. The third kappa shape index (κ3) is 3.95. The smallest absolute Gasteiger partial charge is 0.256 e. The Labute approximate surface area is 150 Å². The van der Waals surface area contributed by atoms with Crippen LogP contribution in [0.25, 0.3) is 0 Å². The highest BCUT2D eigenvalue weighted by atomic mass is 35.5. The fourth-order valence-electron chi connectivity index (χ4n) is 2.45. The summed E-state index contributed by atoms with van der Waals surface area (Å²) in [6.07, 6.45) is 1.46. The first-order valence-electron chi connectivity index (χ1n) is 7.55. The molecule has 1 aromatic carbocycles. The Morgan fingerprint density at radius 3 is 2.54 bits per heavy atom. The Balaban J connectivity index is 1.72. The molecule has 2 aromatic rings. The van der Waals surface area contributed by atoms with Gasteiger partial charge in [-0.15, -0.1) is 0 Å². The second kappa shape index (κ2) is 7.34. The van der Waals surface area contributed by atoms with Crippen LogP contribution in [0.2, 0.25) is 10.0 Å². The monoisotopic (exact) mass is 365 g/mol. The molecular weight excluding hydrogens is 349 g/mol. The Hall–Kier alpha value is -1.89. The first-order chi connectivity index (χ1) is 11.5. The summed E-state index contributed by atoms with van der Waals surface area (Å²) in [5.74, 6) is 0.967. The number of hydrogen-bond acceptors (Lipinski definition) is 5. The Kier molecular flexibility index (Phi) is 5.18. The van der Waals surface area contributed by atoms with Crippen molar-refractivity contribution in [1.29, 1.82) is 0 Å². The molecule has 0 aliphatic carbocycles. The molecule has 1 N–H and O–H groups in total. The number of amides is 1. The molecule has 1 aliphatic heterocycles. The van der Waals surface area contributed by atoms with Crippen molar-refractivity contribution in [3.05, 3.63) is 46.2 Å². The number of aromatic nitrogens is 2. The quantitative estimate of drug-likeness (QED) is 0.905. The molecule has 6 nitrogen and oxygen atoms in total. The van der Waals surface area contributed by atoms with Gasteiger partial charge in [-0.3, -0.25) is 4.79 Å². The van der Waals surface area contributed by atoms with Gasteiger partial charge in [0, 0.05) is 37.8 Å². The second-order valence-electron chi connectivity index (χ2n) is 5.63. The number of carbonyl (C=O) groups excluding carboxylic acids is 1. The molecule has 8 heteroatoms. The Bertz CT molecular complexity index is 747. The number of nitrogens with zero attached hydrogens (tertiary/aromatic N) is 4. The zero-order valence-electron chi connectivity index (χ0n) is 13.2. The summed E-state index contributed by atoms with van der Waals surface area (Å²) >= 11 is 11.8. The van der Waals surface area contributed by atoms with Crippen molar-refractivity contribution in [2.24, 2.45) is 0 Å². The topological polar surface area (TPSA) is 61.4 Å². The molecule has 126 valence electrons. The standard InChI is InChI=1S/C16H17Cl2N5O/c1-22-4-6-23(7-5-22)15-9-14(19-10-20-15)21-16(24)11-2-3-12(17)13(18)8-11/h2-3,8-10H,4-7H2,1H3,(H,19,20,21,24). The fourth-order valence-corrected chi connectivity index (χ4v) is 2.75. The third-order valence-electron chi connectivity index (χ3n) is 3.90. The lowest BCUT2D eigenvalue weighted by Crippen LogP contribution is -2.44. The predicted molar refractivity (Wildman–Crippen MR) is 96.2 cm³/mol. The van der Waals surface area contributed by atoms with Gasteiger partial charge in [0.15, 0.2) is 0 Å². The fraction of sp³-hybridized carbons (Fsp3) is 0.312. The molecule has 3 rings (SSSR count). The maximum atomic E-state index is 12.3. The normalized spacial score (nSPS) is 15.4. The van der Waals surface area contributed by atoms with Crippen LogP contribution < -0.4 is 10.2 Å². The van der Waals surface area contributed by atoms with E-state index in [1.54, 1.807) is 18.2 Å². The number of nitrogens with one attached hydrogen (secondary N) is 1. The zero-order chi connectivity index (χ0) is 17.1. The summed E-state index contributed by atoms with van der Waals surface area (Å²) in [7, 11) is 2.10. The molecule has 1 saturated heterocycles. The SMILES string of the molecule is CN1CCN(c2cc(NC(=O)c3ccc(Cl)c(Cl)c3)ncn2)CC1. The summed E-state index contributed by atoms with van der Waals surface area (Å²) in [6.45, 7) is 3.76. The third-order valence-corrected chi connectivity index (χ3v) is 4.64. The highest BCUT2D eigenvalue weighted by molar-refractivity contribution is 6.42. The highest BCUT2D eigenvalue weighted by Crippen LogP contribution is 2.23. The van der Waals surface area contributed by atoms with Gasteiger partial charge in [-0.2, -0.15) is 0 Å². The van der Waals surface area contributed by atoms with Crippen LogP contribution in [0.3, 0.4) is 0 Å². The van der Waals surface area contributed by atoms with Gasteiger partial charge in [0.2, 0.25) is 0 Å². The predicted octanol–water partition coefficient (Wildman–Crippen LogP) is 2.79.